The van der Waals surface area contributed by atoms with E-state index in [9.17, 15) is 13.6 Å². The first-order chi connectivity index (χ1) is 11.6. The number of H-pyrrole nitrogens is 1. The van der Waals surface area contributed by atoms with E-state index < -0.39 is 18.0 Å². The maximum absolute atomic E-state index is 12.7. The Kier molecular flexibility index (Phi) is 4.37. The van der Waals surface area contributed by atoms with Crippen LogP contribution in [0, 0.1) is 0 Å². The number of aromatic nitrogens is 3. The number of pyridine rings is 1. The standard InChI is InChI=1S/C16H14F2N4O2/c1-2-24-13-7-12-9(8-19-22-12)6-10(13)16(23)21-14-5-3-4-11(20-14)15(17)18/h3-8,15H,2H2,1H3,(H,19,22)(H,20,21,23). The number of ether oxygens (including phenoxy) is 1. The van der Waals surface area contributed by atoms with Gasteiger partial charge in [-0.15, -0.1) is 0 Å². The number of anilines is 1. The predicted octanol–water partition coefficient (Wildman–Crippen LogP) is 3.55. The lowest BCUT2D eigenvalue weighted by molar-refractivity contribution is 0.102. The van der Waals surface area contributed by atoms with Crippen molar-refractivity contribution in [3.8, 4) is 5.75 Å². The van der Waals surface area contributed by atoms with Crippen LogP contribution in [0.5, 0.6) is 5.75 Å². The highest BCUT2D eigenvalue weighted by Gasteiger charge is 2.17. The van der Waals surface area contributed by atoms with Gasteiger partial charge in [-0.05, 0) is 25.1 Å². The van der Waals surface area contributed by atoms with Crippen LogP contribution in [0.1, 0.15) is 29.4 Å². The van der Waals surface area contributed by atoms with Crippen molar-refractivity contribution in [3.63, 3.8) is 0 Å². The average molecular weight is 332 g/mol. The van der Waals surface area contributed by atoms with Gasteiger partial charge in [0.05, 0.1) is 17.7 Å². The molecule has 0 unspecified atom stereocenters. The molecular formula is C16H14F2N4O2. The summed E-state index contributed by atoms with van der Waals surface area (Å²) in [6.07, 6.45) is -1.06. The molecule has 0 aliphatic rings. The maximum Gasteiger partial charge on any atom is 0.280 e. The van der Waals surface area contributed by atoms with E-state index in [1.54, 1.807) is 25.3 Å². The molecule has 0 saturated heterocycles. The summed E-state index contributed by atoms with van der Waals surface area (Å²) in [4.78, 5) is 16.2. The van der Waals surface area contributed by atoms with E-state index in [4.69, 9.17) is 4.74 Å². The summed E-state index contributed by atoms with van der Waals surface area (Å²) >= 11 is 0. The van der Waals surface area contributed by atoms with Gasteiger partial charge in [0.1, 0.15) is 17.3 Å². The van der Waals surface area contributed by atoms with Gasteiger partial charge in [-0.25, -0.2) is 13.8 Å². The summed E-state index contributed by atoms with van der Waals surface area (Å²) in [5.41, 5.74) is 0.533. The Morgan fingerprint density at radius 2 is 2.21 bits per heavy atom. The molecule has 2 aromatic heterocycles. The van der Waals surface area contributed by atoms with Gasteiger partial charge in [0.25, 0.3) is 12.3 Å². The third-order valence-corrected chi connectivity index (χ3v) is 3.31. The number of carbonyl (C=O) groups excluding carboxylic acids is 1. The first-order valence-corrected chi connectivity index (χ1v) is 7.25. The van der Waals surface area contributed by atoms with Crippen molar-refractivity contribution in [2.24, 2.45) is 0 Å². The molecule has 3 aromatic rings. The zero-order chi connectivity index (χ0) is 17.1. The van der Waals surface area contributed by atoms with Crippen LogP contribution >= 0.6 is 0 Å². The van der Waals surface area contributed by atoms with Gasteiger partial charge in [0, 0.05) is 17.6 Å². The van der Waals surface area contributed by atoms with Gasteiger partial charge in [-0.2, -0.15) is 5.10 Å². The highest BCUT2D eigenvalue weighted by Crippen LogP contribution is 2.26. The Morgan fingerprint density at radius 3 is 2.96 bits per heavy atom. The molecule has 24 heavy (non-hydrogen) atoms. The number of nitrogens with zero attached hydrogens (tertiary/aromatic N) is 2. The summed E-state index contributed by atoms with van der Waals surface area (Å²) in [7, 11) is 0. The van der Waals surface area contributed by atoms with Crippen LogP contribution in [-0.4, -0.2) is 27.7 Å². The van der Waals surface area contributed by atoms with Gasteiger partial charge in [-0.3, -0.25) is 9.89 Å². The van der Waals surface area contributed by atoms with Crippen molar-refractivity contribution < 1.29 is 18.3 Å². The molecule has 0 spiro atoms. The van der Waals surface area contributed by atoms with Gasteiger partial charge < -0.3 is 10.1 Å². The summed E-state index contributed by atoms with van der Waals surface area (Å²) in [5.74, 6) is -0.0902. The van der Waals surface area contributed by atoms with E-state index in [1.165, 1.54) is 18.2 Å². The molecule has 0 aliphatic carbocycles. The number of hydrogen-bond donors (Lipinski definition) is 2. The second-order valence-corrected chi connectivity index (χ2v) is 4.93. The molecule has 1 aromatic carbocycles. The molecule has 8 heteroatoms. The lowest BCUT2D eigenvalue weighted by atomic mass is 10.1. The lowest BCUT2D eigenvalue weighted by Crippen LogP contribution is -2.15. The molecule has 0 fully saturated rings. The number of carbonyl (C=O) groups is 1. The highest BCUT2D eigenvalue weighted by molar-refractivity contribution is 6.08. The van der Waals surface area contributed by atoms with Gasteiger partial charge in [0.2, 0.25) is 0 Å². The quantitative estimate of drug-likeness (QED) is 0.749. The minimum atomic E-state index is -2.71. The van der Waals surface area contributed by atoms with Crippen molar-refractivity contribution in [2.45, 2.75) is 13.3 Å². The molecule has 1 amide bonds. The SMILES string of the molecule is CCOc1cc2n[nH]cc2cc1C(=O)Nc1cccc(C(F)F)n1. The number of hydrogen-bond acceptors (Lipinski definition) is 4. The number of halogens is 2. The molecule has 2 N–H and O–H groups in total. The van der Waals surface area contributed by atoms with E-state index in [0.717, 1.165) is 5.39 Å². The fourth-order valence-electron chi connectivity index (χ4n) is 2.25. The lowest BCUT2D eigenvalue weighted by Gasteiger charge is -2.11. The van der Waals surface area contributed by atoms with Crippen LogP contribution < -0.4 is 10.1 Å². The van der Waals surface area contributed by atoms with E-state index in [0.29, 0.717) is 17.9 Å². The zero-order valence-electron chi connectivity index (χ0n) is 12.7. The molecule has 0 radical (unpaired) electrons. The van der Waals surface area contributed by atoms with E-state index in [1.807, 2.05) is 0 Å². The van der Waals surface area contributed by atoms with Crippen LogP contribution in [0.2, 0.25) is 0 Å². The molecule has 124 valence electrons. The Hall–Kier alpha value is -3.03. The topological polar surface area (TPSA) is 79.9 Å². The number of nitrogens with one attached hydrogen (secondary N) is 2. The Bertz CT molecular complexity index is 879. The smallest absolute Gasteiger partial charge is 0.280 e. The molecular weight excluding hydrogens is 318 g/mol. The third kappa shape index (κ3) is 3.17. The van der Waals surface area contributed by atoms with Crippen LogP contribution in [0.4, 0.5) is 14.6 Å². The Labute approximate surface area is 135 Å². The molecule has 0 bridgehead atoms. The van der Waals surface area contributed by atoms with Gasteiger partial charge in [-0.1, -0.05) is 6.07 Å². The molecule has 0 aliphatic heterocycles. The first-order valence-electron chi connectivity index (χ1n) is 7.25. The molecule has 0 saturated carbocycles. The largest absolute Gasteiger partial charge is 0.493 e. The minimum absolute atomic E-state index is 0.0486. The van der Waals surface area contributed by atoms with Crippen molar-refractivity contribution in [1.82, 2.24) is 15.2 Å². The Balaban J connectivity index is 1.92. The maximum atomic E-state index is 12.7. The van der Waals surface area contributed by atoms with Crippen molar-refractivity contribution >= 4 is 22.6 Å². The van der Waals surface area contributed by atoms with Crippen molar-refractivity contribution in [2.75, 3.05) is 11.9 Å². The van der Waals surface area contributed by atoms with Crippen molar-refractivity contribution in [1.29, 1.82) is 0 Å². The number of fused-ring (bicyclic) bond motifs is 1. The monoisotopic (exact) mass is 332 g/mol. The van der Waals surface area contributed by atoms with Gasteiger partial charge in [0.15, 0.2) is 0 Å². The van der Waals surface area contributed by atoms with Crippen LogP contribution in [0.3, 0.4) is 0 Å². The number of aromatic amines is 1. The summed E-state index contributed by atoms with van der Waals surface area (Å²) < 4.78 is 30.9. The second kappa shape index (κ2) is 6.61. The summed E-state index contributed by atoms with van der Waals surface area (Å²) in [6, 6.07) is 7.32. The number of alkyl halides is 2. The minimum Gasteiger partial charge on any atom is -0.493 e. The van der Waals surface area contributed by atoms with E-state index in [-0.39, 0.29) is 11.4 Å². The predicted molar refractivity (Wildman–Crippen MR) is 84.4 cm³/mol. The molecule has 6 nitrogen and oxygen atoms in total. The first kappa shape index (κ1) is 15.9. The number of benzene rings is 1. The van der Waals surface area contributed by atoms with Crippen molar-refractivity contribution in [3.05, 3.63) is 47.8 Å². The fourth-order valence-corrected chi connectivity index (χ4v) is 2.25. The molecule has 2 heterocycles. The fraction of sp³-hybridized carbons (Fsp3) is 0.188. The summed E-state index contributed by atoms with van der Waals surface area (Å²) in [6.45, 7) is 2.17. The summed E-state index contributed by atoms with van der Waals surface area (Å²) in [5, 5.41) is 10.0. The number of amides is 1. The van der Waals surface area contributed by atoms with Gasteiger partial charge >= 0.3 is 0 Å². The van der Waals surface area contributed by atoms with Crippen LogP contribution in [-0.2, 0) is 0 Å². The normalized spacial score (nSPS) is 11.0. The third-order valence-electron chi connectivity index (χ3n) is 3.31. The molecule has 0 atom stereocenters. The van der Waals surface area contributed by atoms with Crippen LogP contribution in [0.25, 0.3) is 10.9 Å². The second-order valence-electron chi connectivity index (χ2n) is 4.93. The van der Waals surface area contributed by atoms with E-state index >= 15 is 0 Å². The number of rotatable bonds is 5. The van der Waals surface area contributed by atoms with Crippen LogP contribution in [0.15, 0.2) is 36.5 Å². The zero-order valence-corrected chi connectivity index (χ0v) is 12.7. The molecule has 3 rings (SSSR count). The highest BCUT2D eigenvalue weighted by atomic mass is 19.3. The average Bonchev–Trinajstić information content (AvgIpc) is 3.02. The Morgan fingerprint density at radius 1 is 1.38 bits per heavy atom. The van der Waals surface area contributed by atoms with E-state index in [2.05, 4.69) is 20.5 Å².